The zero-order valence-electron chi connectivity index (χ0n) is 10.6. The molecule has 0 spiro atoms. The van der Waals surface area contributed by atoms with Crippen LogP contribution < -0.4 is 0 Å². The lowest BCUT2D eigenvalue weighted by atomic mass is 9.95. The molecular weight excluding hydrogens is 242 g/mol. The van der Waals surface area contributed by atoms with Crippen LogP contribution in [0.5, 0.6) is 11.8 Å². The maximum atomic E-state index is 10.4. The molecule has 0 saturated carbocycles. The second kappa shape index (κ2) is 3.54. The van der Waals surface area contributed by atoms with Crippen molar-refractivity contribution >= 4 is 0 Å². The van der Waals surface area contributed by atoms with Crippen molar-refractivity contribution in [3.05, 3.63) is 41.0 Å². The van der Waals surface area contributed by atoms with Crippen molar-refractivity contribution in [3.63, 3.8) is 0 Å². The predicted molar refractivity (Wildman–Crippen MR) is 69.9 cm³/mol. The molecule has 4 rings (SSSR count). The van der Waals surface area contributed by atoms with Gasteiger partial charge in [-0.25, -0.2) is 0 Å². The molecule has 4 heteroatoms. The van der Waals surface area contributed by atoms with Crippen LogP contribution in [0.25, 0.3) is 5.69 Å². The lowest BCUT2D eigenvalue weighted by Crippen LogP contribution is -2.09. The fourth-order valence-corrected chi connectivity index (χ4v) is 2.95. The number of hydrogen-bond donors (Lipinski definition) is 2. The van der Waals surface area contributed by atoms with Crippen molar-refractivity contribution in [2.45, 2.75) is 32.0 Å². The van der Waals surface area contributed by atoms with E-state index in [9.17, 15) is 10.2 Å². The molecule has 2 N–H and O–H groups in total. The van der Waals surface area contributed by atoms with E-state index in [1.165, 1.54) is 4.57 Å². The first-order valence-electron chi connectivity index (χ1n) is 6.52. The van der Waals surface area contributed by atoms with E-state index < -0.39 is 0 Å². The van der Waals surface area contributed by atoms with Crippen LogP contribution in [0.1, 0.15) is 16.7 Å². The Labute approximate surface area is 110 Å². The molecule has 2 aromatic rings. The molecule has 2 atom stereocenters. The Hall–Kier alpha value is -1.94. The summed E-state index contributed by atoms with van der Waals surface area (Å²) in [5, 5.41) is 20.7. The average Bonchev–Trinajstić information content (AvgIpc) is 3.13. The highest BCUT2D eigenvalue weighted by atomic mass is 16.6. The summed E-state index contributed by atoms with van der Waals surface area (Å²) >= 11 is 0. The Bertz CT molecular complexity index is 624. The van der Waals surface area contributed by atoms with Gasteiger partial charge in [-0.15, -0.1) is 0 Å². The Morgan fingerprint density at radius 2 is 1.53 bits per heavy atom. The molecule has 0 bridgehead atoms. The summed E-state index contributed by atoms with van der Waals surface area (Å²) in [6.45, 7) is 2.01. The number of aryl methyl sites for hydroxylation is 1. The van der Waals surface area contributed by atoms with Crippen LogP contribution in [0, 0.1) is 6.92 Å². The monoisotopic (exact) mass is 257 g/mol. The van der Waals surface area contributed by atoms with Gasteiger partial charge in [-0.3, -0.25) is 4.57 Å². The third-order valence-corrected chi connectivity index (χ3v) is 4.12. The molecule has 0 amide bonds. The van der Waals surface area contributed by atoms with Crippen LogP contribution in [-0.4, -0.2) is 27.0 Å². The van der Waals surface area contributed by atoms with Crippen molar-refractivity contribution in [2.24, 2.45) is 0 Å². The molecule has 2 aliphatic rings. The summed E-state index contributed by atoms with van der Waals surface area (Å²) in [6.07, 6.45) is 1.84. The van der Waals surface area contributed by atoms with Gasteiger partial charge < -0.3 is 14.9 Å². The van der Waals surface area contributed by atoms with Crippen LogP contribution in [0.2, 0.25) is 0 Å². The van der Waals surface area contributed by atoms with Gasteiger partial charge in [0, 0.05) is 24.0 Å². The van der Waals surface area contributed by atoms with Crippen LogP contribution in [0.4, 0.5) is 0 Å². The van der Waals surface area contributed by atoms with Crippen LogP contribution >= 0.6 is 0 Å². The van der Waals surface area contributed by atoms with Crippen molar-refractivity contribution < 1.29 is 14.9 Å². The van der Waals surface area contributed by atoms with Gasteiger partial charge >= 0.3 is 0 Å². The Balaban J connectivity index is 1.87. The highest BCUT2D eigenvalue weighted by Crippen LogP contribution is 2.46. The van der Waals surface area contributed by atoms with Crippen molar-refractivity contribution in [1.82, 2.24) is 4.57 Å². The zero-order valence-corrected chi connectivity index (χ0v) is 10.6. The van der Waals surface area contributed by atoms with Gasteiger partial charge in [-0.2, -0.15) is 0 Å². The van der Waals surface area contributed by atoms with Gasteiger partial charge in [-0.05, 0) is 19.1 Å². The summed E-state index contributed by atoms with van der Waals surface area (Å²) in [6, 6.07) is 7.73. The molecule has 0 radical (unpaired) electrons. The Morgan fingerprint density at radius 3 is 2.05 bits per heavy atom. The van der Waals surface area contributed by atoms with Gasteiger partial charge in [0.1, 0.15) is 0 Å². The SMILES string of the molecule is Cc1ccc(-n2c(O)c3c(c2O)CC2OC2C3)cc1. The Morgan fingerprint density at radius 1 is 1.00 bits per heavy atom. The van der Waals surface area contributed by atoms with Crippen LogP contribution in [0.15, 0.2) is 24.3 Å². The molecule has 1 aliphatic carbocycles. The maximum absolute atomic E-state index is 10.4. The maximum Gasteiger partial charge on any atom is 0.202 e. The number of rotatable bonds is 1. The minimum Gasteiger partial charge on any atom is -0.494 e. The summed E-state index contributed by atoms with van der Waals surface area (Å²) in [5.41, 5.74) is 3.59. The largest absolute Gasteiger partial charge is 0.494 e. The molecule has 4 nitrogen and oxygen atoms in total. The average molecular weight is 257 g/mol. The first-order valence-corrected chi connectivity index (χ1v) is 6.52. The highest BCUT2D eigenvalue weighted by Gasteiger charge is 2.46. The lowest BCUT2D eigenvalue weighted by Gasteiger charge is -2.07. The fourth-order valence-electron chi connectivity index (χ4n) is 2.95. The molecule has 1 aromatic heterocycles. The third kappa shape index (κ3) is 1.50. The van der Waals surface area contributed by atoms with E-state index in [1.54, 1.807) is 0 Å². The molecular formula is C15H15NO3. The predicted octanol–water partition coefficient (Wildman–Crippen LogP) is 2.06. The molecule has 98 valence electrons. The third-order valence-electron chi connectivity index (χ3n) is 4.12. The first-order chi connectivity index (χ1) is 9.15. The van der Waals surface area contributed by atoms with E-state index in [0.717, 1.165) is 22.4 Å². The van der Waals surface area contributed by atoms with E-state index in [4.69, 9.17) is 4.74 Å². The molecule has 1 saturated heterocycles. The number of fused-ring (bicyclic) bond motifs is 2. The number of benzene rings is 1. The Kier molecular flexibility index (Phi) is 2.04. The molecule has 1 fully saturated rings. The second-order valence-corrected chi connectivity index (χ2v) is 5.40. The van der Waals surface area contributed by atoms with Gasteiger partial charge in [0.2, 0.25) is 11.8 Å². The number of hydrogen-bond acceptors (Lipinski definition) is 3. The summed E-state index contributed by atoms with van der Waals surface area (Å²) in [5.74, 6) is 0.288. The lowest BCUT2D eigenvalue weighted by molar-refractivity contribution is 0.365. The minimum absolute atomic E-state index is 0.144. The minimum atomic E-state index is 0.144. The van der Waals surface area contributed by atoms with Gasteiger partial charge in [0.05, 0.1) is 17.9 Å². The van der Waals surface area contributed by atoms with Gasteiger partial charge in [0.15, 0.2) is 0 Å². The standard InChI is InChI=1S/C15H15NO3/c1-8-2-4-9(5-3-8)16-14(17)10-6-12-13(19-12)7-11(10)15(16)18/h2-5,12-13,17-18H,6-7H2,1H3. The summed E-state index contributed by atoms with van der Waals surface area (Å²) in [4.78, 5) is 0. The summed E-state index contributed by atoms with van der Waals surface area (Å²) < 4.78 is 6.98. The van der Waals surface area contributed by atoms with Crippen molar-refractivity contribution in [2.75, 3.05) is 0 Å². The topological polar surface area (TPSA) is 57.9 Å². The number of nitrogens with zero attached hydrogens (tertiary/aromatic N) is 1. The molecule has 2 unspecified atom stereocenters. The van der Waals surface area contributed by atoms with Crippen LogP contribution in [-0.2, 0) is 17.6 Å². The van der Waals surface area contributed by atoms with E-state index in [1.807, 2.05) is 31.2 Å². The van der Waals surface area contributed by atoms with E-state index >= 15 is 0 Å². The molecule has 1 aromatic carbocycles. The van der Waals surface area contributed by atoms with E-state index in [0.29, 0.717) is 12.8 Å². The summed E-state index contributed by atoms with van der Waals surface area (Å²) in [7, 11) is 0. The van der Waals surface area contributed by atoms with E-state index in [2.05, 4.69) is 0 Å². The molecule has 2 heterocycles. The van der Waals surface area contributed by atoms with Crippen LogP contribution in [0.3, 0.4) is 0 Å². The first kappa shape index (κ1) is 10.9. The fraction of sp³-hybridized carbons (Fsp3) is 0.333. The molecule has 1 aliphatic heterocycles. The second-order valence-electron chi connectivity index (χ2n) is 5.40. The smallest absolute Gasteiger partial charge is 0.202 e. The number of ether oxygens (including phenoxy) is 1. The highest BCUT2D eigenvalue weighted by molar-refractivity contribution is 5.55. The normalized spacial score (nSPS) is 23.8. The van der Waals surface area contributed by atoms with Gasteiger partial charge in [-0.1, -0.05) is 17.7 Å². The number of aromatic nitrogens is 1. The van der Waals surface area contributed by atoms with Crippen molar-refractivity contribution in [3.8, 4) is 17.4 Å². The number of aromatic hydroxyl groups is 2. The van der Waals surface area contributed by atoms with Gasteiger partial charge in [0.25, 0.3) is 0 Å². The quantitative estimate of drug-likeness (QED) is 0.769. The zero-order chi connectivity index (χ0) is 13.1. The van der Waals surface area contributed by atoms with Crippen molar-refractivity contribution in [1.29, 1.82) is 0 Å². The molecule has 19 heavy (non-hydrogen) atoms. The van der Waals surface area contributed by atoms with E-state index in [-0.39, 0.29) is 24.0 Å². The number of epoxide rings is 1.